The van der Waals surface area contributed by atoms with E-state index in [4.69, 9.17) is 18.9 Å². The number of rotatable bonds is 12. The molecule has 6 nitrogen and oxygen atoms in total. The van der Waals surface area contributed by atoms with Crippen molar-refractivity contribution in [2.75, 3.05) is 20.8 Å². The molecule has 0 aliphatic carbocycles. The monoisotopic (exact) mass is 462 g/mol. The highest BCUT2D eigenvalue weighted by Crippen LogP contribution is 2.36. The van der Waals surface area contributed by atoms with Gasteiger partial charge in [0.1, 0.15) is 12.2 Å². The standard InChI is InChI=1S/C28H30O6/c1-31-27(29)23-17-18-24(34-20-22-15-8-4-9-16-22)26(25(23)28(30)32-2)33-19-11-5-10-14-21-12-6-3-7-13-21/h3-4,6-9,12-13,15-18H,5,10-11,14,19-20H2,1-2H3. The van der Waals surface area contributed by atoms with Crippen LogP contribution in [0.4, 0.5) is 0 Å². The summed E-state index contributed by atoms with van der Waals surface area (Å²) in [4.78, 5) is 24.9. The van der Waals surface area contributed by atoms with Gasteiger partial charge in [0.15, 0.2) is 11.5 Å². The van der Waals surface area contributed by atoms with Crippen molar-refractivity contribution < 1.29 is 28.5 Å². The molecule has 0 saturated heterocycles. The van der Waals surface area contributed by atoms with Crippen LogP contribution in [0.1, 0.15) is 51.1 Å². The molecule has 0 heterocycles. The zero-order valence-electron chi connectivity index (χ0n) is 19.6. The first-order valence-electron chi connectivity index (χ1n) is 11.3. The predicted octanol–water partition coefficient (Wildman–Crippen LogP) is 5.63. The smallest absolute Gasteiger partial charge is 0.342 e. The van der Waals surface area contributed by atoms with E-state index in [1.54, 1.807) is 6.07 Å². The zero-order chi connectivity index (χ0) is 24.2. The van der Waals surface area contributed by atoms with Gasteiger partial charge in [-0.2, -0.15) is 0 Å². The van der Waals surface area contributed by atoms with E-state index in [1.165, 1.54) is 25.8 Å². The van der Waals surface area contributed by atoms with E-state index >= 15 is 0 Å². The topological polar surface area (TPSA) is 71.1 Å². The van der Waals surface area contributed by atoms with E-state index in [1.807, 2.05) is 48.5 Å². The summed E-state index contributed by atoms with van der Waals surface area (Å²) in [5.41, 5.74) is 2.34. The minimum Gasteiger partial charge on any atom is -0.489 e. The molecule has 0 aromatic heterocycles. The Hall–Kier alpha value is -3.80. The third-order valence-corrected chi connectivity index (χ3v) is 5.35. The maximum Gasteiger partial charge on any atom is 0.342 e. The van der Waals surface area contributed by atoms with Crippen LogP contribution in [0.3, 0.4) is 0 Å². The van der Waals surface area contributed by atoms with Crippen LogP contribution in [-0.4, -0.2) is 32.8 Å². The highest BCUT2D eigenvalue weighted by atomic mass is 16.5. The van der Waals surface area contributed by atoms with Crippen LogP contribution in [-0.2, 0) is 22.5 Å². The lowest BCUT2D eigenvalue weighted by molar-refractivity contribution is 0.0550. The summed E-state index contributed by atoms with van der Waals surface area (Å²) in [7, 11) is 2.52. The molecule has 0 saturated carbocycles. The number of hydrogen-bond donors (Lipinski definition) is 0. The van der Waals surface area contributed by atoms with Crippen LogP contribution in [0.15, 0.2) is 72.8 Å². The molecule has 178 valence electrons. The molecule has 0 aliphatic heterocycles. The first-order valence-corrected chi connectivity index (χ1v) is 11.3. The highest BCUT2D eigenvalue weighted by Gasteiger charge is 2.27. The van der Waals surface area contributed by atoms with Crippen molar-refractivity contribution in [1.29, 1.82) is 0 Å². The molecule has 0 amide bonds. The molecule has 0 spiro atoms. The van der Waals surface area contributed by atoms with Crippen molar-refractivity contribution in [3.8, 4) is 11.5 Å². The third kappa shape index (κ3) is 6.85. The molecule has 0 bridgehead atoms. The summed E-state index contributed by atoms with van der Waals surface area (Å²) in [5.74, 6) is -0.790. The molecule has 34 heavy (non-hydrogen) atoms. The second-order valence-corrected chi connectivity index (χ2v) is 7.72. The Balaban J connectivity index is 1.74. The first kappa shape index (κ1) is 24.8. The van der Waals surface area contributed by atoms with Gasteiger partial charge in [-0.05, 0) is 48.9 Å². The zero-order valence-corrected chi connectivity index (χ0v) is 19.6. The van der Waals surface area contributed by atoms with Gasteiger partial charge >= 0.3 is 11.9 Å². The van der Waals surface area contributed by atoms with Crippen molar-refractivity contribution in [1.82, 2.24) is 0 Å². The van der Waals surface area contributed by atoms with Crippen LogP contribution in [0.25, 0.3) is 0 Å². The normalized spacial score (nSPS) is 10.4. The Kier molecular flexibility index (Phi) is 9.52. The van der Waals surface area contributed by atoms with Gasteiger partial charge in [0, 0.05) is 0 Å². The number of methoxy groups -OCH3 is 2. The second-order valence-electron chi connectivity index (χ2n) is 7.72. The average Bonchev–Trinajstić information content (AvgIpc) is 2.89. The lowest BCUT2D eigenvalue weighted by Crippen LogP contribution is -2.15. The van der Waals surface area contributed by atoms with Crippen LogP contribution in [0.5, 0.6) is 11.5 Å². The number of carbonyl (C=O) groups excluding carboxylic acids is 2. The lowest BCUT2D eigenvalue weighted by Gasteiger charge is -2.18. The minimum absolute atomic E-state index is 0.00389. The minimum atomic E-state index is -0.690. The molecule has 3 aromatic carbocycles. The number of esters is 2. The van der Waals surface area contributed by atoms with E-state index in [2.05, 4.69) is 12.1 Å². The number of hydrogen-bond acceptors (Lipinski definition) is 6. The van der Waals surface area contributed by atoms with Crippen LogP contribution in [0.2, 0.25) is 0 Å². The van der Waals surface area contributed by atoms with Gasteiger partial charge < -0.3 is 18.9 Å². The largest absolute Gasteiger partial charge is 0.489 e. The predicted molar refractivity (Wildman–Crippen MR) is 129 cm³/mol. The van der Waals surface area contributed by atoms with E-state index < -0.39 is 11.9 Å². The quantitative estimate of drug-likeness (QED) is 0.257. The molecular weight excluding hydrogens is 432 g/mol. The van der Waals surface area contributed by atoms with Gasteiger partial charge in [-0.3, -0.25) is 0 Å². The molecule has 0 radical (unpaired) electrons. The van der Waals surface area contributed by atoms with Crippen molar-refractivity contribution in [2.45, 2.75) is 32.3 Å². The number of benzene rings is 3. The van der Waals surface area contributed by atoms with E-state index in [0.717, 1.165) is 31.2 Å². The Morgan fingerprint density at radius 3 is 1.97 bits per heavy atom. The molecule has 3 aromatic rings. The maximum absolute atomic E-state index is 12.6. The summed E-state index contributed by atoms with van der Waals surface area (Å²) >= 11 is 0. The average molecular weight is 463 g/mol. The van der Waals surface area contributed by atoms with Crippen LogP contribution < -0.4 is 9.47 Å². The van der Waals surface area contributed by atoms with E-state index in [-0.39, 0.29) is 23.5 Å². The number of aryl methyl sites for hydroxylation is 1. The van der Waals surface area contributed by atoms with Crippen molar-refractivity contribution in [3.05, 3.63) is 95.1 Å². The van der Waals surface area contributed by atoms with Gasteiger partial charge in [-0.25, -0.2) is 9.59 Å². The number of carbonyl (C=O) groups is 2. The molecule has 0 N–H and O–H groups in total. The number of ether oxygens (including phenoxy) is 4. The molecule has 3 rings (SSSR count). The van der Waals surface area contributed by atoms with Gasteiger partial charge in [-0.15, -0.1) is 0 Å². The molecular formula is C28H30O6. The van der Waals surface area contributed by atoms with E-state index in [0.29, 0.717) is 12.4 Å². The van der Waals surface area contributed by atoms with Gasteiger partial charge in [0.2, 0.25) is 0 Å². The molecule has 0 unspecified atom stereocenters. The van der Waals surface area contributed by atoms with Crippen LogP contribution in [0, 0.1) is 0 Å². The van der Waals surface area contributed by atoms with Crippen molar-refractivity contribution in [2.24, 2.45) is 0 Å². The molecule has 0 aliphatic rings. The summed E-state index contributed by atoms with van der Waals surface area (Å²) < 4.78 is 21.8. The summed E-state index contributed by atoms with van der Waals surface area (Å²) in [6, 6.07) is 23.1. The summed E-state index contributed by atoms with van der Waals surface area (Å²) in [5, 5.41) is 0. The number of unbranched alkanes of at least 4 members (excludes halogenated alkanes) is 2. The molecule has 6 heteroatoms. The van der Waals surface area contributed by atoms with Crippen LogP contribution >= 0.6 is 0 Å². The summed E-state index contributed by atoms with van der Waals surface area (Å²) in [6.07, 6.45) is 3.77. The van der Waals surface area contributed by atoms with Gasteiger partial charge in [0.25, 0.3) is 0 Å². The molecule has 0 fully saturated rings. The maximum atomic E-state index is 12.6. The fourth-order valence-electron chi connectivity index (χ4n) is 3.57. The van der Waals surface area contributed by atoms with Crippen molar-refractivity contribution in [3.63, 3.8) is 0 Å². The lowest BCUT2D eigenvalue weighted by atomic mass is 10.1. The Morgan fingerprint density at radius 2 is 1.32 bits per heavy atom. The van der Waals surface area contributed by atoms with Gasteiger partial charge in [0.05, 0.1) is 26.4 Å². The van der Waals surface area contributed by atoms with Gasteiger partial charge in [-0.1, -0.05) is 60.7 Å². The van der Waals surface area contributed by atoms with Crippen molar-refractivity contribution >= 4 is 11.9 Å². The fourth-order valence-corrected chi connectivity index (χ4v) is 3.57. The summed E-state index contributed by atoms with van der Waals surface area (Å²) in [6.45, 7) is 0.650. The highest BCUT2D eigenvalue weighted by molar-refractivity contribution is 6.05. The second kappa shape index (κ2) is 13.0. The Labute approximate surface area is 200 Å². The van der Waals surface area contributed by atoms with E-state index in [9.17, 15) is 9.59 Å². The third-order valence-electron chi connectivity index (χ3n) is 5.35. The fraction of sp³-hybridized carbons (Fsp3) is 0.286. The first-order chi connectivity index (χ1) is 16.6. The Bertz CT molecular complexity index is 1060. The Morgan fingerprint density at radius 1 is 0.676 bits per heavy atom. The molecule has 0 atom stereocenters. The SMILES string of the molecule is COC(=O)c1ccc(OCc2ccccc2)c(OCCCCCc2ccccc2)c1C(=O)OC.